The number of rotatable bonds is 11. The average Bonchev–Trinajstić information content (AvgIpc) is 3.41. The fraction of sp³-hybridized carbons (Fsp3) is 0.444. The van der Waals surface area contributed by atoms with E-state index >= 15 is 0 Å². The molecule has 2 N–H and O–H groups in total. The number of aromatic carboxylic acids is 1. The van der Waals surface area contributed by atoms with Gasteiger partial charge >= 0.3 is 5.97 Å². The van der Waals surface area contributed by atoms with Gasteiger partial charge in [-0.1, -0.05) is 56.4 Å². The van der Waals surface area contributed by atoms with Gasteiger partial charge in [-0.05, 0) is 73.3 Å². The molecule has 0 aliphatic heterocycles. The van der Waals surface area contributed by atoms with Crippen LogP contribution in [0.2, 0.25) is 0 Å². The van der Waals surface area contributed by atoms with Crippen molar-refractivity contribution in [3.8, 4) is 12.3 Å². The van der Waals surface area contributed by atoms with Gasteiger partial charge in [-0.3, -0.25) is 0 Å². The summed E-state index contributed by atoms with van der Waals surface area (Å²) >= 11 is 1.37. The molecule has 0 fully saturated rings. The molecule has 0 spiro atoms. The first kappa shape index (κ1) is 23.3. The van der Waals surface area contributed by atoms with Crippen LogP contribution in [-0.2, 0) is 6.42 Å². The molecule has 0 saturated carbocycles. The fourth-order valence-electron chi connectivity index (χ4n) is 4.48. The van der Waals surface area contributed by atoms with Crippen molar-refractivity contribution in [1.29, 1.82) is 0 Å². The van der Waals surface area contributed by atoms with E-state index in [0.29, 0.717) is 10.8 Å². The third kappa shape index (κ3) is 6.09. The number of unbranched alkanes of at least 4 members (excludes halogenated alkanes) is 2. The molecule has 1 aromatic carbocycles. The van der Waals surface area contributed by atoms with Crippen LogP contribution >= 0.6 is 11.3 Å². The molecule has 1 aromatic heterocycles. The molecule has 0 radical (unpaired) electrons. The molecule has 1 heterocycles. The number of benzene rings is 1. The van der Waals surface area contributed by atoms with Crippen LogP contribution in [0, 0.1) is 18.3 Å². The Balaban J connectivity index is 1.63. The van der Waals surface area contributed by atoms with Crippen LogP contribution in [0.4, 0.5) is 0 Å². The highest BCUT2D eigenvalue weighted by Crippen LogP contribution is 2.41. The molecule has 31 heavy (non-hydrogen) atoms. The predicted octanol–water partition coefficient (Wildman–Crippen LogP) is 6.88. The first-order valence-corrected chi connectivity index (χ1v) is 12.1. The number of aliphatic hydroxyl groups is 1. The van der Waals surface area contributed by atoms with Crippen molar-refractivity contribution in [2.75, 3.05) is 0 Å². The third-order valence-electron chi connectivity index (χ3n) is 6.19. The van der Waals surface area contributed by atoms with Gasteiger partial charge in [-0.15, -0.1) is 17.8 Å². The number of carbonyl (C=O) groups is 1. The number of aryl methyl sites for hydroxylation is 1. The maximum atomic E-state index is 11.1. The van der Waals surface area contributed by atoms with E-state index in [1.54, 1.807) is 6.07 Å². The van der Waals surface area contributed by atoms with E-state index in [4.69, 9.17) is 11.5 Å². The van der Waals surface area contributed by atoms with Crippen molar-refractivity contribution >= 4 is 22.9 Å². The standard InChI is InChI=1S/C27H32O3S/c1-3-5-6-10-24(28)20-12-15-22(16-13-20)26-19(4-2)11-14-21(26)8-7-9-23-17-18-25(31-23)27(29)30/h2,12-13,15-18,21,24,28H,3,5-11,14H2,1H3,(H,29,30). The van der Waals surface area contributed by atoms with E-state index in [1.807, 2.05) is 18.2 Å². The predicted molar refractivity (Wildman–Crippen MR) is 128 cm³/mol. The Labute approximate surface area is 189 Å². The molecule has 3 rings (SSSR count). The lowest BCUT2D eigenvalue weighted by atomic mass is 9.88. The maximum absolute atomic E-state index is 11.1. The van der Waals surface area contributed by atoms with Crippen molar-refractivity contribution in [2.45, 2.75) is 70.8 Å². The molecule has 3 nitrogen and oxygen atoms in total. The van der Waals surface area contributed by atoms with Crippen molar-refractivity contribution in [1.82, 2.24) is 0 Å². The lowest BCUT2D eigenvalue weighted by Gasteiger charge is -2.17. The second-order valence-corrected chi connectivity index (χ2v) is 9.54. The molecule has 2 atom stereocenters. The summed E-state index contributed by atoms with van der Waals surface area (Å²) in [6, 6.07) is 11.9. The Morgan fingerprint density at radius 2 is 1.97 bits per heavy atom. The molecule has 2 aromatic rings. The monoisotopic (exact) mass is 436 g/mol. The summed E-state index contributed by atoms with van der Waals surface area (Å²) in [6.07, 6.45) is 14.6. The van der Waals surface area contributed by atoms with Crippen LogP contribution in [0.5, 0.6) is 0 Å². The van der Waals surface area contributed by atoms with E-state index < -0.39 is 12.1 Å². The highest BCUT2D eigenvalue weighted by atomic mass is 32.1. The highest BCUT2D eigenvalue weighted by Gasteiger charge is 2.26. The molecule has 164 valence electrons. The van der Waals surface area contributed by atoms with Gasteiger partial charge < -0.3 is 10.2 Å². The number of aliphatic hydroxyl groups excluding tert-OH is 1. The SMILES string of the molecule is C#CC1=C(c2ccc(C(O)CCCCC)cc2)C(CCCc2ccc(C(=O)O)s2)CC1. The summed E-state index contributed by atoms with van der Waals surface area (Å²) < 4.78 is 0. The van der Waals surface area contributed by atoms with Gasteiger partial charge in [0.2, 0.25) is 0 Å². The van der Waals surface area contributed by atoms with Crippen LogP contribution in [0.3, 0.4) is 0 Å². The van der Waals surface area contributed by atoms with Crippen molar-refractivity contribution in [3.05, 3.63) is 62.9 Å². The van der Waals surface area contributed by atoms with E-state index in [2.05, 4.69) is 25.0 Å². The Bertz CT molecular complexity index is 946. The minimum absolute atomic E-state index is 0.400. The van der Waals surface area contributed by atoms with Gasteiger partial charge in [0, 0.05) is 10.5 Å². The molecule has 0 bridgehead atoms. The summed E-state index contributed by atoms with van der Waals surface area (Å²) in [7, 11) is 0. The van der Waals surface area contributed by atoms with Crippen LogP contribution in [0.1, 0.15) is 90.1 Å². The second-order valence-electron chi connectivity index (χ2n) is 8.37. The quantitative estimate of drug-likeness (QED) is 0.298. The molecule has 1 aliphatic carbocycles. The van der Waals surface area contributed by atoms with Crippen molar-refractivity contribution < 1.29 is 15.0 Å². The normalized spacial score (nSPS) is 17.0. The molecule has 4 heteroatoms. The summed E-state index contributed by atoms with van der Waals surface area (Å²) in [5.41, 5.74) is 4.53. The second kappa shape index (κ2) is 11.3. The van der Waals surface area contributed by atoms with Gasteiger partial charge in [0.15, 0.2) is 0 Å². The van der Waals surface area contributed by atoms with Crippen LogP contribution < -0.4 is 0 Å². The van der Waals surface area contributed by atoms with Crippen molar-refractivity contribution in [3.63, 3.8) is 0 Å². The zero-order valence-corrected chi connectivity index (χ0v) is 19.1. The van der Waals surface area contributed by atoms with Gasteiger partial charge in [-0.2, -0.15) is 0 Å². The lowest BCUT2D eigenvalue weighted by Crippen LogP contribution is -2.02. The van der Waals surface area contributed by atoms with Crippen LogP contribution in [-0.4, -0.2) is 16.2 Å². The molecular weight excluding hydrogens is 404 g/mol. The van der Waals surface area contributed by atoms with Crippen LogP contribution in [0.15, 0.2) is 42.0 Å². The lowest BCUT2D eigenvalue weighted by molar-refractivity contribution is 0.0702. The summed E-state index contributed by atoms with van der Waals surface area (Å²) in [5.74, 6) is 2.49. The topological polar surface area (TPSA) is 57.5 Å². The van der Waals surface area contributed by atoms with Gasteiger partial charge in [0.1, 0.15) is 4.88 Å². The number of hydrogen-bond acceptors (Lipinski definition) is 3. The zero-order chi connectivity index (χ0) is 22.2. The summed E-state index contributed by atoms with van der Waals surface area (Å²) in [5, 5.41) is 19.5. The minimum atomic E-state index is -0.852. The van der Waals surface area contributed by atoms with E-state index in [0.717, 1.165) is 73.8 Å². The average molecular weight is 437 g/mol. The number of carboxylic acid groups (broad SMARTS) is 1. The number of allylic oxidation sites excluding steroid dienone is 2. The summed E-state index contributed by atoms with van der Waals surface area (Å²) in [4.78, 5) is 12.6. The van der Waals surface area contributed by atoms with E-state index in [1.165, 1.54) is 22.5 Å². The Hall–Kier alpha value is -2.35. The Kier molecular flexibility index (Phi) is 8.51. The van der Waals surface area contributed by atoms with Crippen molar-refractivity contribution in [2.24, 2.45) is 5.92 Å². The molecule has 1 aliphatic rings. The van der Waals surface area contributed by atoms with Crippen LogP contribution in [0.25, 0.3) is 5.57 Å². The number of carboxylic acids is 1. The highest BCUT2D eigenvalue weighted by molar-refractivity contribution is 7.13. The number of terminal acetylenes is 1. The smallest absolute Gasteiger partial charge is 0.345 e. The fourth-order valence-corrected chi connectivity index (χ4v) is 5.37. The molecule has 0 saturated heterocycles. The first-order chi connectivity index (χ1) is 15.0. The first-order valence-electron chi connectivity index (χ1n) is 11.3. The number of thiophene rings is 1. The number of hydrogen-bond donors (Lipinski definition) is 2. The molecule has 2 unspecified atom stereocenters. The van der Waals surface area contributed by atoms with E-state index in [9.17, 15) is 9.90 Å². The third-order valence-corrected chi connectivity index (χ3v) is 7.32. The Morgan fingerprint density at radius 3 is 2.61 bits per heavy atom. The summed E-state index contributed by atoms with van der Waals surface area (Å²) in [6.45, 7) is 2.17. The minimum Gasteiger partial charge on any atom is -0.477 e. The van der Waals surface area contributed by atoms with Gasteiger partial charge in [0.25, 0.3) is 0 Å². The maximum Gasteiger partial charge on any atom is 0.345 e. The van der Waals surface area contributed by atoms with E-state index in [-0.39, 0.29) is 0 Å². The van der Waals surface area contributed by atoms with Gasteiger partial charge in [0.05, 0.1) is 6.10 Å². The largest absolute Gasteiger partial charge is 0.477 e. The van der Waals surface area contributed by atoms with Gasteiger partial charge in [-0.25, -0.2) is 4.79 Å². The molecular formula is C27H32O3S. The molecule has 0 amide bonds. The Morgan fingerprint density at radius 1 is 1.19 bits per heavy atom. The zero-order valence-electron chi connectivity index (χ0n) is 18.3.